The van der Waals surface area contributed by atoms with Gasteiger partial charge in [-0.1, -0.05) is 18.2 Å². The number of nitro benzene ring substituents is 1. The maximum Gasteiger partial charge on any atom is 0.363 e. The van der Waals surface area contributed by atoms with E-state index >= 15 is 0 Å². The van der Waals surface area contributed by atoms with Gasteiger partial charge in [0.25, 0.3) is 5.69 Å². The molecule has 0 amide bonds. The highest BCUT2D eigenvalue weighted by Crippen LogP contribution is 2.24. The van der Waals surface area contributed by atoms with Gasteiger partial charge in [-0.25, -0.2) is 9.79 Å². The number of aliphatic imine (C=N–C) groups is 1. The molecule has 7 nitrogen and oxygen atoms in total. The van der Waals surface area contributed by atoms with E-state index in [1.165, 1.54) is 19.3 Å². The van der Waals surface area contributed by atoms with Crippen molar-refractivity contribution in [2.75, 3.05) is 7.11 Å². The highest BCUT2D eigenvalue weighted by molar-refractivity contribution is 6.13. The maximum absolute atomic E-state index is 12.0. The molecule has 0 N–H and O–H groups in total. The number of carbonyl (C=O) groups excluding carboxylic acids is 1. The summed E-state index contributed by atoms with van der Waals surface area (Å²) in [5.41, 5.74) is 1.71. The lowest BCUT2D eigenvalue weighted by atomic mass is 10.1. The topological polar surface area (TPSA) is 91.0 Å². The minimum absolute atomic E-state index is 0.0160. The SMILES string of the molecule is COc1cccc(C2=NC(=Cc3ccc(C)c([N+](=O)[O-])c3)C(=O)O2)c1. The summed E-state index contributed by atoms with van der Waals surface area (Å²) in [6, 6.07) is 11.7. The molecule has 0 atom stereocenters. The molecule has 7 heteroatoms. The van der Waals surface area contributed by atoms with Crippen molar-refractivity contribution in [3.8, 4) is 5.75 Å². The van der Waals surface area contributed by atoms with Gasteiger partial charge in [0.15, 0.2) is 5.70 Å². The minimum Gasteiger partial charge on any atom is -0.497 e. The van der Waals surface area contributed by atoms with Crippen LogP contribution < -0.4 is 4.74 Å². The summed E-state index contributed by atoms with van der Waals surface area (Å²) >= 11 is 0. The second kappa shape index (κ2) is 6.56. The summed E-state index contributed by atoms with van der Waals surface area (Å²) in [7, 11) is 1.54. The fourth-order valence-corrected chi connectivity index (χ4v) is 2.36. The second-order valence-corrected chi connectivity index (χ2v) is 5.37. The lowest BCUT2D eigenvalue weighted by Crippen LogP contribution is -2.05. The Hall–Kier alpha value is -3.48. The summed E-state index contributed by atoms with van der Waals surface area (Å²) in [4.78, 5) is 26.8. The molecule has 0 saturated carbocycles. The van der Waals surface area contributed by atoms with E-state index in [0.29, 0.717) is 22.4 Å². The molecule has 0 saturated heterocycles. The molecule has 25 heavy (non-hydrogen) atoms. The first-order valence-electron chi connectivity index (χ1n) is 7.40. The van der Waals surface area contributed by atoms with Crippen LogP contribution in [0.3, 0.4) is 0 Å². The van der Waals surface area contributed by atoms with E-state index in [9.17, 15) is 14.9 Å². The molecule has 1 aliphatic heterocycles. The van der Waals surface area contributed by atoms with E-state index in [0.717, 1.165) is 0 Å². The lowest BCUT2D eigenvalue weighted by molar-refractivity contribution is -0.385. The van der Waals surface area contributed by atoms with Gasteiger partial charge in [-0.05, 0) is 36.8 Å². The number of benzene rings is 2. The number of ether oxygens (including phenoxy) is 2. The number of methoxy groups -OCH3 is 1. The van der Waals surface area contributed by atoms with Crippen LogP contribution >= 0.6 is 0 Å². The van der Waals surface area contributed by atoms with E-state index in [1.54, 1.807) is 43.3 Å². The van der Waals surface area contributed by atoms with Gasteiger partial charge >= 0.3 is 5.97 Å². The van der Waals surface area contributed by atoms with E-state index < -0.39 is 10.9 Å². The van der Waals surface area contributed by atoms with Gasteiger partial charge in [0.1, 0.15) is 5.75 Å². The Labute approximate surface area is 143 Å². The van der Waals surface area contributed by atoms with Crippen LogP contribution in [-0.4, -0.2) is 23.9 Å². The summed E-state index contributed by atoms with van der Waals surface area (Å²) in [6.07, 6.45) is 1.46. The third-order valence-electron chi connectivity index (χ3n) is 3.67. The Kier molecular flexibility index (Phi) is 4.30. The highest BCUT2D eigenvalue weighted by atomic mass is 16.6. The van der Waals surface area contributed by atoms with Crippen molar-refractivity contribution >= 4 is 23.6 Å². The molecule has 0 aromatic heterocycles. The summed E-state index contributed by atoms with van der Waals surface area (Å²) in [5.74, 6) is 0.167. The molecule has 126 valence electrons. The zero-order valence-corrected chi connectivity index (χ0v) is 13.6. The number of hydrogen-bond donors (Lipinski definition) is 0. The van der Waals surface area contributed by atoms with Gasteiger partial charge in [-0.3, -0.25) is 10.1 Å². The number of cyclic esters (lactones) is 1. The van der Waals surface area contributed by atoms with Crippen LogP contribution in [0.25, 0.3) is 6.08 Å². The number of esters is 1. The first-order valence-corrected chi connectivity index (χ1v) is 7.40. The lowest BCUT2D eigenvalue weighted by Gasteiger charge is -2.02. The monoisotopic (exact) mass is 338 g/mol. The highest BCUT2D eigenvalue weighted by Gasteiger charge is 2.24. The van der Waals surface area contributed by atoms with Crippen LogP contribution in [0.5, 0.6) is 5.75 Å². The number of nitrogens with zero attached hydrogens (tertiary/aromatic N) is 2. The van der Waals surface area contributed by atoms with Crippen LogP contribution in [0.4, 0.5) is 5.69 Å². The van der Waals surface area contributed by atoms with Gasteiger partial charge in [0.2, 0.25) is 5.90 Å². The molecule has 2 aromatic rings. The van der Waals surface area contributed by atoms with Gasteiger partial charge in [0, 0.05) is 17.2 Å². The Morgan fingerprint density at radius 2 is 2.04 bits per heavy atom. The van der Waals surface area contributed by atoms with E-state index in [2.05, 4.69) is 4.99 Å². The third-order valence-corrected chi connectivity index (χ3v) is 3.67. The Morgan fingerprint density at radius 3 is 2.76 bits per heavy atom. The van der Waals surface area contributed by atoms with Gasteiger partial charge < -0.3 is 9.47 Å². The van der Waals surface area contributed by atoms with Gasteiger partial charge in [-0.2, -0.15) is 0 Å². The summed E-state index contributed by atoms with van der Waals surface area (Å²) < 4.78 is 10.3. The fraction of sp³-hybridized carbons (Fsp3) is 0.111. The van der Waals surface area contributed by atoms with Crippen molar-refractivity contribution in [3.05, 3.63) is 75.0 Å². The van der Waals surface area contributed by atoms with Crippen molar-refractivity contribution in [1.29, 1.82) is 0 Å². The number of hydrogen-bond acceptors (Lipinski definition) is 6. The van der Waals surface area contributed by atoms with Crippen LogP contribution in [0.1, 0.15) is 16.7 Å². The zero-order chi connectivity index (χ0) is 18.0. The molecule has 1 heterocycles. The van der Waals surface area contributed by atoms with Crippen LogP contribution in [-0.2, 0) is 9.53 Å². The van der Waals surface area contributed by atoms with Crippen molar-refractivity contribution in [2.45, 2.75) is 6.92 Å². The van der Waals surface area contributed by atoms with Crippen molar-refractivity contribution in [1.82, 2.24) is 0 Å². The molecule has 0 aliphatic carbocycles. The maximum atomic E-state index is 12.0. The number of carbonyl (C=O) groups is 1. The summed E-state index contributed by atoms with van der Waals surface area (Å²) in [6.45, 7) is 1.65. The molecule has 2 aromatic carbocycles. The smallest absolute Gasteiger partial charge is 0.363 e. The Morgan fingerprint density at radius 1 is 1.24 bits per heavy atom. The number of rotatable bonds is 4. The average Bonchev–Trinajstić information content (AvgIpc) is 2.97. The molecule has 0 fully saturated rings. The molecule has 0 bridgehead atoms. The molecule has 0 radical (unpaired) electrons. The fourth-order valence-electron chi connectivity index (χ4n) is 2.36. The van der Waals surface area contributed by atoms with Gasteiger partial charge in [-0.15, -0.1) is 0 Å². The average molecular weight is 338 g/mol. The predicted octanol–water partition coefficient (Wildman–Crippen LogP) is 3.26. The molecular weight excluding hydrogens is 324 g/mol. The van der Waals surface area contributed by atoms with Gasteiger partial charge in [0.05, 0.1) is 12.0 Å². The quantitative estimate of drug-likeness (QED) is 0.369. The second-order valence-electron chi connectivity index (χ2n) is 5.37. The standard InChI is InChI=1S/C18H14N2O5/c1-11-6-7-12(9-16(11)20(22)23)8-15-18(21)25-17(19-15)13-4-3-5-14(10-13)24-2/h3-10H,1-2H3. The van der Waals surface area contributed by atoms with E-state index in [4.69, 9.17) is 9.47 Å². The first-order chi connectivity index (χ1) is 12.0. The molecule has 1 aliphatic rings. The van der Waals surface area contributed by atoms with Crippen LogP contribution in [0, 0.1) is 17.0 Å². The Balaban J connectivity index is 1.96. The number of aryl methyl sites for hydroxylation is 1. The minimum atomic E-state index is -0.610. The number of nitro groups is 1. The van der Waals surface area contributed by atoms with E-state index in [1.807, 2.05) is 0 Å². The normalized spacial score (nSPS) is 15.0. The van der Waals surface area contributed by atoms with E-state index in [-0.39, 0.29) is 17.3 Å². The molecule has 3 rings (SSSR count). The zero-order valence-electron chi connectivity index (χ0n) is 13.6. The Bertz CT molecular complexity index is 931. The molecule has 0 unspecified atom stereocenters. The van der Waals surface area contributed by atoms with Crippen LogP contribution in [0.2, 0.25) is 0 Å². The third kappa shape index (κ3) is 3.40. The van der Waals surface area contributed by atoms with Crippen molar-refractivity contribution < 1.29 is 19.2 Å². The predicted molar refractivity (Wildman–Crippen MR) is 91.4 cm³/mol. The first kappa shape index (κ1) is 16.4. The summed E-state index contributed by atoms with van der Waals surface area (Å²) in [5, 5.41) is 11.0. The molecular formula is C18H14N2O5. The molecule has 0 spiro atoms. The van der Waals surface area contributed by atoms with Crippen LogP contribution in [0.15, 0.2) is 53.2 Å². The van der Waals surface area contributed by atoms with Crippen molar-refractivity contribution in [2.24, 2.45) is 4.99 Å². The largest absolute Gasteiger partial charge is 0.497 e. The van der Waals surface area contributed by atoms with Crippen molar-refractivity contribution in [3.63, 3.8) is 0 Å².